The lowest BCUT2D eigenvalue weighted by Gasteiger charge is -2.20. The van der Waals surface area contributed by atoms with Gasteiger partial charge >= 0.3 is 0 Å². The molecule has 0 saturated heterocycles. The molecular formula is C20H23ClN4O2S. The number of rotatable bonds is 8. The second kappa shape index (κ2) is 9.32. The minimum atomic E-state index is -0.125. The van der Waals surface area contributed by atoms with Gasteiger partial charge in [0.15, 0.2) is 0 Å². The highest BCUT2D eigenvalue weighted by Gasteiger charge is 2.17. The number of anilines is 1. The molecule has 0 fully saturated rings. The summed E-state index contributed by atoms with van der Waals surface area (Å²) in [6.45, 7) is 7.35. The number of nitrogens with zero attached hydrogens (tertiary/aromatic N) is 3. The van der Waals surface area contributed by atoms with E-state index in [1.807, 2.05) is 48.4 Å². The Hall–Kier alpha value is -2.22. The summed E-state index contributed by atoms with van der Waals surface area (Å²) in [4.78, 5) is 15.5. The fourth-order valence-electron chi connectivity index (χ4n) is 2.99. The SMILES string of the molecule is CCCN(CC(=O)Nc1c(C)cc(C)cc1Cl)Cc1nnc(-c2cccs2)o1. The molecule has 6 nitrogen and oxygen atoms in total. The lowest BCUT2D eigenvalue weighted by atomic mass is 10.1. The van der Waals surface area contributed by atoms with Crippen molar-refractivity contribution in [1.29, 1.82) is 0 Å². The Kier molecular flexibility index (Phi) is 6.83. The highest BCUT2D eigenvalue weighted by Crippen LogP contribution is 2.27. The number of thiophene rings is 1. The maximum absolute atomic E-state index is 12.6. The van der Waals surface area contributed by atoms with Crippen LogP contribution in [0.5, 0.6) is 0 Å². The van der Waals surface area contributed by atoms with E-state index in [-0.39, 0.29) is 12.5 Å². The fourth-order valence-corrected chi connectivity index (χ4v) is 4.01. The average molecular weight is 419 g/mol. The second-order valence-corrected chi connectivity index (χ2v) is 8.03. The Morgan fingerprint density at radius 2 is 2.14 bits per heavy atom. The van der Waals surface area contributed by atoms with E-state index >= 15 is 0 Å². The van der Waals surface area contributed by atoms with Crippen molar-refractivity contribution in [1.82, 2.24) is 15.1 Å². The van der Waals surface area contributed by atoms with Crippen molar-refractivity contribution in [2.75, 3.05) is 18.4 Å². The Bertz CT molecular complexity index is 917. The van der Waals surface area contributed by atoms with E-state index in [9.17, 15) is 4.79 Å². The quantitative estimate of drug-likeness (QED) is 0.562. The standard InChI is InChI=1S/C20H23ClN4O2S/c1-4-7-25(12-18-23-24-20(27-18)16-6-5-8-28-16)11-17(26)22-19-14(3)9-13(2)10-15(19)21/h5-6,8-10H,4,7,11-12H2,1-3H3,(H,22,26). The highest BCUT2D eigenvalue weighted by molar-refractivity contribution is 7.13. The molecule has 2 aromatic heterocycles. The largest absolute Gasteiger partial charge is 0.419 e. The van der Waals surface area contributed by atoms with Crippen molar-refractivity contribution in [2.24, 2.45) is 0 Å². The molecule has 0 aliphatic carbocycles. The van der Waals surface area contributed by atoms with Gasteiger partial charge in [0.2, 0.25) is 11.8 Å². The number of halogens is 1. The molecule has 2 heterocycles. The molecule has 1 N–H and O–H groups in total. The molecule has 1 amide bonds. The predicted octanol–water partition coefficient (Wildman–Crippen LogP) is 4.92. The first-order valence-electron chi connectivity index (χ1n) is 9.11. The van der Waals surface area contributed by atoms with Gasteiger partial charge in [-0.25, -0.2) is 0 Å². The minimum Gasteiger partial charge on any atom is -0.419 e. The van der Waals surface area contributed by atoms with E-state index in [1.54, 1.807) is 11.3 Å². The molecule has 0 spiro atoms. The number of aromatic nitrogens is 2. The van der Waals surface area contributed by atoms with Crippen molar-refractivity contribution >= 4 is 34.5 Å². The van der Waals surface area contributed by atoms with E-state index in [4.69, 9.17) is 16.0 Å². The predicted molar refractivity (Wildman–Crippen MR) is 113 cm³/mol. The highest BCUT2D eigenvalue weighted by atomic mass is 35.5. The number of benzene rings is 1. The molecule has 0 unspecified atom stereocenters. The summed E-state index contributed by atoms with van der Waals surface area (Å²) in [7, 11) is 0. The van der Waals surface area contributed by atoms with Crippen LogP contribution < -0.4 is 5.32 Å². The summed E-state index contributed by atoms with van der Waals surface area (Å²) in [6, 6.07) is 7.72. The molecule has 0 aliphatic heterocycles. The molecule has 1 aromatic carbocycles. The van der Waals surface area contributed by atoms with Gasteiger partial charge in [-0.3, -0.25) is 9.69 Å². The van der Waals surface area contributed by atoms with Crippen LogP contribution in [0.25, 0.3) is 10.8 Å². The molecule has 8 heteroatoms. The van der Waals surface area contributed by atoms with Crippen LogP contribution in [0.15, 0.2) is 34.1 Å². The van der Waals surface area contributed by atoms with Gasteiger partial charge in [0.1, 0.15) is 0 Å². The lowest BCUT2D eigenvalue weighted by Crippen LogP contribution is -2.33. The molecule has 3 rings (SSSR count). The monoisotopic (exact) mass is 418 g/mol. The summed E-state index contributed by atoms with van der Waals surface area (Å²) in [6.07, 6.45) is 0.906. The van der Waals surface area contributed by atoms with Crippen LogP contribution in [0.1, 0.15) is 30.4 Å². The molecule has 28 heavy (non-hydrogen) atoms. The third-order valence-corrected chi connectivity index (χ3v) is 5.32. The number of hydrogen-bond acceptors (Lipinski definition) is 6. The van der Waals surface area contributed by atoms with Crippen molar-refractivity contribution in [2.45, 2.75) is 33.7 Å². The maximum atomic E-state index is 12.6. The molecule has 148 valence electrons. The van der Waals surface area contributed by atoms with Gasteiger partial charge in [0, 0.05) is 0 Å². The van der Waals surface area contributed by atoms with E-state index < -0.39 is 0 Å². The van der Waals surface area contributed by atoms with E-state index in [2.05, 4.69) is 22.4 Å². The zero-order chi connectivity index (χ0) is 20.1. The molecule has 0 radical (unpaired) electrons. The van der Waals surface area contributed by atoms with Gasteiger partial charge in [0.05, 0.1) is 28.7 Å². The Labute approximate surface area is 173 Å². The Balaban J connectivity index is 1.65. The van der Waals surface area contributed by atoms with Crippen LogP contribution in [0, 0.1) is 13.8 Å². The minimum absolute atomic E-state index is 0.125. The topological polar surface area (TPSA) is 71.3 Å². The van der Waals surface area contributed by atoms with Gasteiger partial charge in [0.25, 0.3) is 5.89 Å². The van der Waals surface area contributed by atoms with Gasteiger partial charge in [-0.1, -0.05) is 30.7 Å². The van der Waals surface area contributed by atoms with Crippen molar-refractivity contribution in [3.05, 3.63) is 51.7 Å². The van der Waals surface area contributed by atoms with Crippen LogP contribution in [0.2, 0.25) is 5.02 Å². The number of hydrogen-bond donors (Lipinski definition) is 1. The van der Waals surface area contributed by atoms with Crippen LogP contribution in [0.4, 0.5) is 5.69 Å². The first kappa shape index (κ1) is 20.5. The average Bonchev–Trinajstić information content (AvgIpc) is 3.29. The summed E-state index contributed by atoms with van der Waals surface area (Å²) >= 11 is 7.84. The first-order chi connectivity index (χ1) is 13.5. The number of nitrogens with one attached hydrogen (secondary N) is 1. The first-order valence-corrected chi connectivity index (χ1v) is 10.4. The van der Waals surface area contributed by atoms with Crippen molar-refractivity contribution in [3.63, 3.8) is 0 Å². The van der Waals surface area contributed by atoms with E-state index in [0.717, 1.165) is 29.0 Å². The molecular weight excluding hydrogens is 396 g/mol. The molecule has 0 atom stereocenters. The van der Waals surface area contributed by atoms with E-state index in [0.29, 0.717) is 29.0 Å². The summed E-state index contributed by atoms with van der Waals surface area (Å²) in [5.74, 6) is 0.877. The Morgan fingerprint density at radius 3 is 2.82 bits per heavy atom. The lowest BCUT2D eigenvalue weighted by molar-refractivity contribution is -0.117. The number of aryl methyl sites for hydroxylation is 2. The number of amides is 1. The van der Waals surface area contributed by atoms with Crippen molar-refractivity contribution in [3.8, 4) is 10.8 Å². The normalized spacial score (nSPS) is 11.2. The van der Waals surface area contributed by atoms with Gasteiger partial charge in [-0.05, 0) is 55.5 Å². The smallest absolute Gasteiger partial charge is 0.257 e. The zero-order valence-corrected chi connectivity index (χ0v) is 17.7. The van der Waals surface area contributed by atoms with Crippen LogP contribution in [0.3, 0.4) is 0 Å². The summed E-state index contributed by atoms with van der Waals surface area (Å²) in [5, 5.41) is 13.7. The van der Waals surface area contributed by atoms with Crippen LogP contribution in [-0.4, -0.2) is 34.1 Å². The third kappa shape index (κ3) is 5.19. The van der Waals surface area contributed by atoms with Crippen LogP contribution >= 0.6 is 22.9 Å². The van der Waals surface area contributed by atoms with E-state index in [1.165, 1.54) is 0 Å². The number of carbonyl (C=O) groups excluding carboxylic acids is 1. The third-order valence-electron chi connectivity index (χ3n) is 4.16. The zero-order valence-electron chi connectivity index (χ0n) is 16.2. The molecule has 3 aromatic rings. The molecule has 0 bridgehead atoms. The van der Waals surface area contributed by atoms with Crippen LogP contribution in [-0.2, 0) is 11.3 Å². The Morgan fingerprint density at radius 1 is 1.32 bits per heavy atom. The summed E-state index contributed by atoms with van der Waals surface area (Å²) < 4.78 is 5.75. The molecule has 0 aliphatic rings. The summed E-state index contributed by atoms with van der Waals surface area (Å²) in [5.41, 5.74) is 2.66. The fraction of sp³-hybridized carbons (Fsp3) is 0.350. The molecule has 0 saturated carbocycles. The van der Waals surface area contributed by atoms with Gasteiger partial charge in [-0.2, -0.15) is 0 Å². The van der Waals surface area contributed by atoms with Gasteiger partial charge < -0.3 is 9.73 Å². The number of carbonyl (C=O) groups is 1. The van der Waals surface area contributed by atoms with Gasteiger partial charge in [-0.15, -0.1) is 21.5 Å². The maximum Gasteiger partial charge on any atom is 0.257 e. The van der Waals surface area contributed by atoms with Crippen molar-refractivity contribution < 1.29 is 9.21 Å². The second-order valence-electron chi connectivity index (χ2n) is 6.68.